The molecule has 5 rings (SSSR count). The Labute approximate surface area is 363 Å². The first-order valence-corrected chi connectivity index (χ1v) is 16.4. The van der Waals surface area contributed by atoms with Crippen molar-refractivity contribution in [1.29, 1.82) is 0 Å². The van der Waals surface area contributed by atoms with Crippen molar-refractivity contribution in [2.24, 2.45) is 0 Å². The normalized spacial score (nSPS) is 11.0. The molecule has 5 aromatic carbocycles. The van der Waals surface area contributed by atoms with Gasteiger partial charge < -0.3 is 18.6 Å². The Hall–Kier alpha value is -1.87. The Bertz CT molecular complexity index is 1950. The second-order valence-electron chi connectivity index (χ2n) is 10.0. The quantitative estimate of drug-likeness (QED) is 0.0893. The predicted molar refractivity (Wildman–Crippen MR) is 164 cm³/mol. The molecule has 0 fully saturated rings. The number of rotatable bonds is 12. The third-order valence-electron chi connectivity index (χ3n) is 6.84. The first-order valence-electron chi connectivity index (χ1n) is 13.6. The van der Waals surface area contributed by atoms with Crippen molar-refractivity contribution in [2.75, 3.05) is 0 Å². The SMILES string of the molecule is O=C(c1ccccc1)c1ccc(COc2cc(S(=O)(=O)[O-])c(OCc3ccc(C(=O)c4ccccc4)cc3)cc2S(=O)(=O)[O-])cc1.[K+].[K+]. The Morgan fingerprint density at radius 2 is 0.771 bits per heavy atom. The van der Waals surface area contributed by atoms with Crippen LogP contribution in [0.15, 0.2) is 131 Å². The molecule has 48 heavy (non-hydrogen) atoms. The van der Waals surface area contributed by atoms with Gasteiger partial charge >= 0.3 is 103 Å². The minimum absolute atomic E-state index is 0. The number of carbonyl (C=O) groups excluding carboxylic acids is 2. The number of ether oxygens (including phenoxy) is 2. The number of carbonyl (C=O) groups is 2. The van der Waals surface area contributed by atoms with E-state index in [9.17, 15) is 35.5 Å². The zero-order chi connectivity index (χ0) is 32.9. The minimum Gasteiger partial charge on any atom is -0.744 e. The van der Waals surface area contributed by atoms with Gasteiger partial charge in [0.05, 0.1) is 0 Å². The molecule has 0 N–H and O–H groups in total. The molecule has 0 saturated carbocycles. The second kappa shape index (κ2) is 17.9. The van der Waals surface area contributed by atoms with Crippen LogP contribution >= 0.6 is 0 Å². The van der Waals surface area contributed by atoms with E-state index < -0.39 is 41.5 Å². The molecule has 0 saturated heterocycles. The van der Waals surface area contributed by atoms with Gasteiger partial charge in [-0.1, -0.05) is 109 Å². The monoisotopic (exact) mass is 734 g/mol. The maximum absolute atomic E-state index is 12.7. The van der Waals surface area contributed by atoms with E-state index in [1.807, 2.05) is 0 Å². The van der Waals surface area contributed by atoms with Gasteiger partial charge in [0, 0.05) is 34.4 Å². The van der Waals surface area contributed by atoms with E-state index >= 15 is 0 Å². The van der Waals surface area contributed by atoms with Crippen LogP contribution in [-0.2, 0) is 33.5 Å². The molecule has 0 aliphatic carbocycles. The van der Waals surface area contributed by atoms with Crippen molar-refractivity contribution >= 4 is 31.8 Å². The summed E-state index contributed by atoms with van der Waals surface area (Å²) in [5.74, 6) is -1.76. The van der Waals surface area contributed by atoms with Crippen LogP contribution in [0.1, 0.15) is 43.0 Å². The van der Waals surface area contributed by atoms with E-state index in [1.54, 1.807) is 84.9 Å². The summed E-state index contributed by atoms with van der Waals surface area (Å²) >= 11 is 0. The zero-order valence-electron chi connectivity index (χ0n) is 25.9. The summed E-state index contributed by atoms with van der Waals surface area (Å²) < 4.78 is 83.8. The Kier molecular flexibility index (Phi) is 15.1. The van der Waals surface area contributed by atoms with Gasteiger partial charge in [-0.15, -0.1) is 0 Å². The van der Waals surface area contributed by atoms with E-state index in [0.717, 1.165) is 0 Å². The van der Waals surface area contributed by atoms with Crippen molar-refractivity contribution < 1.29 is 148 Å². The molecule has 0 radical (unpaired) electrons. The minimum atomic E-state index is -5.23. The van der Waals surface area contributed by atoms with E-state index in [0.29, 0.717) is 45.5 Å². The van der Waals surface area contributed by atoms with Crippen LogP contribution in [0.4, 0.5) is 0 Å². The maximum Gasteiger partial charge on any atom is 1.00 e. The molecule has 0 aliphatic heterocycles. The van der Waals surface area contributed by atoms with Gasteiger partial charge in [0.2, 0.25) is 0 Å². The van der Waals surface area contributed by atoms with Crippen LogP contribution < -0.4 is 112 Å². The topological polar surface area (TPSA) is 167 Å². The standard InChI is InChI=1S/C34H26O10S2.2K/c35-33(25-7-3-1-4-8-25)27-15-11-23(12-16-27)21-43-29-19-32(46(40,41)42)30(20-31(29)45(37,38)39)44-22-24-13-17-28(18-14-24)34(36)26-9-5-2-6-10-26;;/h1-20H,21-22H2,(H,37,38,39)(H,40,41,42);;/q;2*+1/p-2. The van der Waals surface area contributed by atoms with Gasteiger partial charge in [-0.3, -0.25) is 9.59 Å². The zero-order valence-corrected chi connectivity index (χ0v) is 33.7. The van der Waals surface area contributed by atoms with Crippen molar-refractivity contribution in [3.63, 3.8) is 0 Å². The summed E-state index contributed by atoms with van der Waals surface area (Å²) in [6.45, 7) is -0.649. The third-order valence-corrected chi connectivity index (χ3v) is 8.56. The average Bonchev–Trinajstić information content (AvgIpc) is 3.06. The molecule has 0 amide bonds. The van der Waals surface area contributed by atoms with Crippen LogP contribution in [-0.4, -0.2) is 37.5 Å². The van der Waals surface area contributed by atoms with Crippen molar-refractivity contribution in [1.82, 2.24) is 0 Å². The van der Waals surface area contributed by atoms with Crippen LogP contribution in [0, 0.1) is 0 Å². The van der Waals surface area contributed by atoms with Crippen molar-refractivity contribution in [2.45, 2.75) is 23.0 Å². The maximum atomic E-state index is 12.7. The molecular formula is C34H24K2O10S2. The summed E-state index contributed by atoms with van der Waals surface area (Å²) in [5, 5.41) is 0. The van der Waals surface area contributed by atoms with Gasteiger partial charge in [-0.05, 0) is 11.1 Å². The molecular weight excluding hydrogens is 711 g/mol. The molecule has 0 aliphatic rings. The molecule has 234 valence electrons. The van der Waals surface area contributed by atoms with Gasteiger partial charge in [0.15, 0.2) is 11.6 Å². The van der Waals surface area contributed by atoms with Crippen molar-refractivity contribution in [3.05, 3.63) is 155 Å². The number of ketones is 2. The number of hydrogen-bond donors (Lipinski definition) is 0. The van der Waals surface area contributed by atoms with E-state index in [1.165, 1.54) is 24.3 Å². The molecule has 0 atom stereocenters. The van der Waals surface area contributed by atoms with Crippen LogP contribution in [0.2, 0.25) is 0 Å². The number of benzene rings is 5. The second-order valence-corrected chi connectivity index (χ2v) is 12.7. The summed E-state index contributed by atoms with van der Waals surface area (Å²) in [4.78, 5) is 23.4. The fraction of sp³-hybridized carbons (Fsp3) is 0.0588. The molecule has 0 spiro atoms. The summed E-state index contributed by atoms with van der Waals surface area (Å²) in [6.07, 6.45) is 0. The molecule has 0 heterocycles. The number of hydrogen-bond acceptors (Lipinski definition) is 10. The largest absolute Gasteiger partial charge is 1.00 e. The van der Waals surface area contributed by atoms with E-state index in [4.69, 9.17) is 9.47 Å². The molecule has 5 aromatic rings. The van der Waals surface area contributed by atoms with Crippen molar-refractivity contribution in [3.8, 4) is 11.5 Å². The fourth-order valence-corrected chi connectivity index (χ4v) is 5.71. The van der Waals surface area contributed by atoms with Crippen LogP contribution in [0.3, 0.4) is 0 Å². The summed E-state index contributed by atoms with van der Waals surface area (Å²) in [6, 6.07) is 30.8. The Balaban J connectivity index is 0.00000312. The molecule has 0 unspecified atom stereocenters. The molecule has 0 aromatic heterocycles. The Morgan fingerprint density at radius 3 is 1.06 bits per heavy atom. The van der Waals surface area contributed by atoms with E-state index in [2.05, 4.69) is 0 Å². The molecule has 14 heteroatoms. The van der Waals surface area contributed by atoms with Gasteiger partial charge in [0.1, 0.15) is 54.7 Å². The molecule has 0 bridgehead atoms. The molecule has 10 nitrogen and oxygen atoms in total. The fourth-order valence-electron chi connectivity index (χ4n) is 4.48. The first-order chi connectivity index (χ1) is 21.9. The average molecular weight is 735 g/mol. The summed E-state index contributed by atoms with van der Waals surface area (Å²) in [7, 11) is -10.5. The smallest absolute Gasteiger partial charge is 0.744 e. The summed E-state index contributed by atoms with van der Waals surface area (Å²) in [5.41, 5.74) is 2.66. The predicted octanol–water partition coefficient (Wildman–Crippen LogP) is -0.877. The van der Waals surface area contributed by atoms with Crippen LogP contribution in [0.25, 0.3) is 0 Å². The van der Waals surface area contributed by atoms with E-state index in [-0.39, 0.29) is 128 Å². The van der Waals surface area contributed by atoms with Crippen LogP contribution in [0.5, 0.6) is 11.5 Å². The van der Waals surface area contributed by atoms with Gasteiger partial charge in [-0.2, -0.15) is 0 Å². The Morgan fingerprint density at radius 1 is 0.479 bits per heavy atom. The first kappa shape index (κ1) is 40.6. The third kappa shape index (κ3) is 10.6. The van der Waals surface area contributed by atoms with Gasteiger partial charge in [-0.25, -0.2) is 16.8 Å². The van der Waals surface area contributed by atoms with Gasteiger partial charge in [0.25, 0.3) is 0 Å².